The highest BCUT2D eigenvalue weighted by Crippen LogP contribution is 2.19. The van der Waals surface area contributed by atoms with Crippen LogP contribution in [0.15, 0.2) is 79.1 Å². The number of carbonyl (C=O) groups is 1. The van der Waals surface area contributed by atoms with Crippen molar-refractivity contribution in [2.75, 3.05) is 7.11 Å². The largest absolute Gasteiger partial charge is 0.465 e. The van der Waals surface area contributed by atoms with Crippen LogP contribution in [0.4, 0.5) is 0 Å². The molecule has 4 aromatic rings. The normalized spacial score (nSPS) is 11.1. The molecule has 0 aliphatic carbocycles. The van der Waals surface area contributed by atoms with Gasteiger partial charge in [-0.3, -0.25) is 4.57 Å². The summed E-state index contributed by atoms with van der Waals surface area (Å²) in [6, 6.07) is 23.7. The van der Waals surface area contributed by atoms with E-state index in [1.54, 1.807) is 12.1 Å². The second-order valence-electron chi connectivity index (χ2n) is 6.15. The zero-order chi connectivity index (χ0) is 18.6. The third kappa shape index (κ3) is 3.51. The average Bonchev–Trinajstić information content (AvgIpc) is 3.16. The number of fused-ring (bicyclic) bond motifs is 1. The molecule has 0 saturated carbocycles. The van der Waals surface area contributed by atoms with E-state index >= 15 is 0 Å². The Labute approximate surface area is 157 Å². The molecule has 0 N–H and O–H groups in total. The summed E-state index contributed by atoms with van der Waals surface area (Å²) in [5.41, 5.74) is 5.76. The second-order valence-corrected chi connectivity index (χ2v) is 6.15. The van der Waals surface area contributed by atoms with E-state index in [0.717, 1.165) is 27.8 Å². The van der Waals surface area contributed by atoms with Gasteiger partial charge in [-0.1, -0.05) is 48.6 Å². The topological polar surface area (TPSA) is 44.1 Å². The zero-order valence-electron chi connectivity index (χ0n) is 14.9. The van der Waals surface area contributed by atoms with Gasteiger partial charge in [0.25, 0.3) is 0 Å². The molecule has 0 atom stereocenters. The smallest absolute Gasteiger partial charge is 0.337 e. The van der Waals surface area contributed by atoms with Crippen LogP contribution in [-0.2, 0) is 4.74 Å². The number of para-hydroxylation sites is 2. The molecule has 0 aliphatic heterocycles. The Kier molecular flexibility index (Phi) is 4.54. The number of nitrogens with zero attached hydrogens (tertiary/aromatic N) is 2. The summed E-state index contributed by atoms with van der Waals surface area (Å²) < 4.78 is 6.80. The molecule has 3 aromatic carbocycles. The third-order valence-electron chi connectivity index (χ3n) is 4.40. The van der Waals surface area contributed by atoms with E-state index in [-0.39, 0.29) is 5.97 Å². The van der Waals surface area contributed by atoms with Gasteiger partial charge in [-0.05, 0) is 47.5 Å². The van der Waals surface area contributed by atoms with Gasteiger partial charge >= 0.3 is 5.97 Å². The highest BCUT2D eigenvalue weighted by Gasteiger charge is 2.05. The number of aromatic nitrogens is 2. The second kappa shape index (κ2) is 7.30. The van der Waals surface area contributed by atoms with Gasteiger partial charge in [0.1, 0.15) is 6.33 Å². The van der Waals surface area contributed by atoms with Crippen LogP contribution in [0.25, 0.3) is 28.9 Å². The Morgan fingerprint density at radius 1 is 0.926 bits per heavy atom. The SMILES string of the molecule is COC(=O)c1ccc(C=Cc2cccc(-n3cnc4ccccc43)c2)cc1. The van der Waals surface area contributed by atoms with Crippen molar-refractivity contribution < 1.29 is 9.53 Å². The van der Waals surface area contributed by atoms with E-state index in [1.807, 2.05) is 48.8 Å². The summed E-state index contributed by atoms with van der Waals surface area (Å²) in [5, 5.41) is 0. The van der Waals surface area contributed by atoms with Crippen molar-refractivity contribution in [2.45, 2.75) is 0 Å². The minimum Gasteiger partial charge on any atom is -0.465 e. The Morgan fingerprint density at radius 2 is 1.70 bits per heavy atom. The van der Waals surface area contributed by atoms with Gasteiger partial charge in [-0.15, -0.1) is 0 Å². The van der Waals surface area contributed by atoms with Crippen molar-refractivity contribution in [2.24, 2.45) is 0 Å². The summed E-state index contributed by atoms with van der Waals surface area (Å²) in [7, 11) is 1.38. The maximum atomic E-state index is 11.5. The first kappa shape index (κ1) is 16.8. The van der Waals surface area contributed by atoms with Gasteiger partial charge in [0, 0.05) is 5.69 Å². The molecule has 0 unspecified atom stereocenters. The summed E-state index contributed by atoms with van der Waals surface area (Å²) >= 11 is 0. The first-order valence-corrected chi connectivity index (χ1v) is 8.63. The molecule has 0 bridgehead atoms. The monoisotopic (exact) mass is 354 g/mol. The van der Waals surface area contributed by atoms with Crippen molar-refractivity contribution in [3.8, 4) is 5.69 Å². The summed E-state index contributed by atoms with van der Waals surface area (Å²) in [4.78, 5) is 16.0. The van der Waals surface area contributed by atoms with Gasteiger partial charge < -0.3 is 4.74 Å². The van der Waals surface area contributed by atoms with Gasteiger partial charge in [-0.25, -0.2) is 9.78 Å². The van der Waals surface area contributed by atoms with Crippen LogP contribution >= 0.6 is 0 Å². The molecule has 4 rings (SSSR count). The number of hydrogen-bond acceptors (Lipinski definition) is 3. The van der Waals surface area contributed by atoms with Crippen molar-refractivity contribution in [3.63, 3.8) is 0 Å². The number of hydrogen-bond donors (Lipinski definition) is 0. The fourth-order valence-electron chi connectivity index (χ4n) is 2.98. The van der Waals surface area contributed by atoms with Gasteiger partial charge in [-0.2, -0.15) is 0 Å². The number of benzene rings is 3. The van der Waals surface area contributed by atoms with Crippen LogP contribution in [0.1, 0.15) is 21.5 Å². The Bertz CT molecular complexity index is 1120. The lowest BCUT2D eigenvalue weighted by Gasteiger charge is -2.05. The third-order valence-corrected chi connectivity index (χ3v) is 4.40. The Balaban J connectivity index is 1.59. The van der Waals surface area contributed by atoms with E-state index in [1.165, 1.54) is 7.11 Å². The first-order valence-electron chi connectivity index (χ1n) is 8.63. The van der Waals surface area contributed by atoms with Crippen LogP contribution in [0.3, 0.4) is 0 Å². The molecule has 0 saturated heterocycles. The number of methoxy groups -OCH3 is 1. The highest BCUT2D eigenvalue weighted by atomic mass is 16.5. The van der Waals surface area contributed by atoms with Gasteiger partial charge in [0.05, 0.1) is 23.7 Å². The maximum absolute atomic E-state index is 11.5. The molecule has 4 nitrogen and oxygen atoms in total. The molecule has 0 spiro atoms. The Hall–Kier alpha value is -3.66. The molecule has 0 amide bonds. The summed E-state index contributed by atoms with van der Waals surface area (Å²) in [6.45, 7) is 0. The molecular formula is C23H18N2O2. The number of rotatable bonds is 4. The minimum absolute atomic E-state index is 0.328. The lowest BCUT2D eigenvalue weighted by atomic mass is 10.1. The quantitative estimate of drug-likeness (QED) is 0.383. The van der Waals surface area contributed by atoms with Crippen LogP contribution in [-0.4, -0.2) is 22.6 Å². The minimum atomic E-state index is -0.328. The molecule has 1 heterocycles. The van der Waals surface area contributed by atoms with Crippen molar-refractivity contribution in [1.82, 2.24) is 9.55 Å². The molecule has 132 valence electrons. The molecule has 0 fully saturated rings. The number of imidazole rings is 1. The molecule has 27 heavy (non-hydrogen) atoms. The predicted octanol–water partition coefficient (Wildman–Crippen LogP) is 4.98. The fraction of sp³-hybridized carbons (Fsp3) is 0.0435. The van der Waals surface area contributed by atoms with E-state index in [0.29, 0.717) is 5.56 Å². The standard InChI is InChI=1S/C23H18N2O2/c1-27-23(26)19-13-11-17(12-14-19)9-10-18-5-4-6-20(15-18)25-16-24-21-7-2-3-8-22(21)25/h2-16H,1H3. The predicted molar refractivity (Wildman–Crippen MR) is 108 cm³/mol. The molecule has 1 aromatic heterocycles. The van der Waals surface area contributed by atoms with Gasteiger partial charge in [0.15, 0.2) is 0 Å². The number of esters is 1. The Morgan fingerprint density at radius 3 is 2.52 bits per heavy atom. The van der Waals surface area contributed by atoms with Crippen LogP contribution in [0.5, 0.6) is 0 Å². The number of carbonyl (C=O) groups excluding carboxylic acids is 1. The number of ether oxygens (including phenoxy) is 1. The van der Waals surface area contributed by atoms with Crippen molar-refractivity contribution in [3.05, 3.63) is 95.8 Å². The molecule has 0 aliphatic rings. The van der Waals surface area contributed by atoms with Crippen molar-refractivity contribution >= 4 is 29.2 Å². The van der Waals surface area contributed by atoms with Crippen molar-refractivity contribution in [1.29, 1.82) is 0 Å². The van der Waals surface area contributed by atoms with Crippen LogP contribution < -0.4 is 0 Å². The van der Waals surface area contributed by atoms with E-state index in [2.05, 4.69) is 39.9 Å². The van der Waals surface area contributed by atoms with Gasteiger partial charge in [0.2, 0.25) is 0 Å². The van der Waals surface area contributed by atoms with Crippen LogP contribution in [0.2, 0.25) is 0 Å². The highest BCUT2D eigenvalue weighted by molar-refractivity contribution is 5.89. The maximum Gasteiger partial charge on any atom is 0.337 e. The van der Waals surface area contributed by atoms with Crippen LogP contribution in [0, 0.1) is 0 Å². The molecule has 0 radical (unpaired) electrons. The fourth-order valence-corrected chi connectivity index (χ4v) is 2.98. The average molecular weight is 354 g/mol. The zero-order valence-corrected chi connectivity index (χ0v) is 14.9. The first-order chi connectivity index (χ1) is 13.2. The molecule has 4 heteroatoms. The molecular weight excluding hydrogens is 336 g/mol. The summed E-state index contributed by atoms with van der Waals surface area (Å²) in [5.74, 6) is -0.328. The summed E-state index contributed by atoms with van der Waals surface area (Å²) in [6.07, 6.45) is 5.92. The van der Waals surface area contributed by atoms with E-state index in [4.69, 9.17) is 4.74 Å². The van der Waals surface area contributed by atoms with E-state index in [9.17, 15) is 4.79 Å². The van der Waals surface area contributed by atoms with E-state index < -0.39 is 0 Å². The lowest BCUT2D eigenvalue weighted by Crippen LogP contribution is -2.00. The lowest BCUT2D eigenvalue weighted by molar-refractivity contribution is 0.0600.